The van der Waals surface area contributed by atoms with Gasteiger partial charge in [-0.3, -0.25) is 24.2 Å². The van der Waals surface area contributed by atoms with Gasteiger partial charge in [0.25, 0.3) is 0 Å². The first-order valence-electron chi connectivity index (χ1n) is 22.8. The number of piperidine rings is 1. The Hall–Kier alpha value is -5.91. The third-order valence-electron chi connectivity index (χ3n) is 12.5. The van der Waals surface area contributed by atoms with Gasteiger partial charge in [-0.25, -0.2) is 9.37 Å². The van der Waals surface area contributed by atoms with Gasteiger partial charge in [-0.05, 0) is 113 Å². The molecule has 0 radical (unpaired) electrons. The number of carbonyl (C=O) groups is 4. The highest BCUT2D eigenvalue weighted by molar-refractivity contribution is 6.31. The third kappa shape index (κ3) is 13.7. The molecule has 1 saturated heterocycles. The van der Waals surface area contributed by atoms with Crippen molar-refractivity contribution in [2.45, 2.75) is 76.7 Å². The van der Waals surface area contributed by atoms with Gasteiger partial charge in [0.05, 0.1) is 49.0 Å². The van der Waals surface area contributed by atoms with E-state index >= 15 is 4.39 Å². The molecule has 3 aromatic carbocycles. The molecule has 2 aromatic heterocycles. The summed E-state index contributed by atoms with van der Waals surface area (Å²) in [6, 6.07) is 20.6. The summed E-state index contributed by atoms with van der Waals surface area (Å²) in [6.07, 6.45) is 2.90. The average molecular weight is 988 g/mol. The predicted octanol–water partition coefficient (Wildman–Crippen LogP) is 7.10. The van der Waals surface area contributed by atoms with Crippen LogP contribution < -0.4 is 15.4 Å². The number of nitrogens with zero attached hydrogens (tertiary/aromatic N) is 6. The molecule has 3 heterocycles. The Morgan fingerprint density at radius 2 is 1.72 bits per heavy atom. The van der Waals surface area contributed by atoms with Gasteiger partial charge in [0, 0.05) is 79.8 Å². The molecule has 368 valence electrons. The maximum Gasteiger partial charge on any atom is 0.304 e. The number of aromatic nitrogens is 3. The number of carbonyl (C=O) groups excluding carboxylic acids is 3. The van der Waals surface area contributed by atoms with Crippen LogP contribution in [0.1, 0.15) is 54.5 Å². The second kappa shape index (κ2) is 23.6. The molecule has 0 aliphatic carbocycles. The van der Waals surface area contributed by atoms with Crippen molar-refractivity contribution in [3.05, 3.63) is 129 Å². The van der Waals surface area contributed by atoms with Crippen LogP contribution in [0.25, 0.3) is 11.3 Å². The summed E-state index contributed by atoms with van der Waals surface area (Å²) in [4.78, 5) is 69.4. The van der Waals surface area contributed by atoms with Gasteiger partial charge >= 0.3 is 5.97 Å². The topological polar surface area (TPSA) is 171 Å². The summed E-state index contributed by atoms with van der Waals surface area (Å²) >= 11 is 12.6. The Morgan fingerprint density at radius 1 is 1.00 bits per heavy atom. The van der Waals surface area contributed by atoms with E-state index in [4.69, 9.17) is 32.7 Å². The molecule has 0 bridgehead atoms. The van der Waals surface area contributed by atoms with Crippen molar-refractivity contribution in [2.24, 2.45) is 13.0 Å². The van der Waals surface area contributed by atoms with E-state index in [9.17, 15) is 24.3 Å². The van der Waals surface area contributed by atoms with Gasteiger partial charge < -0.3 is 44.5 Å². The number of likely N-dealkylation sites (tertiary alicyclic amines) is 1. The number of ether oxygens (including phenoxy) is 2. The SMILES string of the molecule is COC[C@H](NC(=O)[C@H](C)NCc1c(F)cc(Cl)cc1Oc1ccc(-c2cnc(CN(C)C)n2C)cc1)C(=O)N(C)[C@@]1(Cc2ccc(Cl)cc2)CCCN(C(=O)[C@@H](CC(=O)O)Cc2cccc(C)n2)C1. The molecule has 1 aliphatic rings. The zero-order valence-corrected chi connectivity index (χ0v) is 41.6. The highest BCUT2D eigenvalue weighted by atomic mass is 35.5. The van der Waals surface area contributed by atoms with E-state index in [0.29, 0.717) is 48.8 Å². The first-order valence-corrected chi connectivity index (χ1v) is 23.5. The van der Waals surface area contributed by atoms with Gasteiger partial charge in [0.15, 0.2) is 0 Å². The number of aliphatic carboxylic acids is 1. The first-order chi connectivity index (χ1) is 32.9. The number of carboxylic acid groups (broad SMARTS) is 1. The van der Waals surface area contributed by atoms with Crippen LogP contribution >= 0.6 is 23.2 Å². The highest BCUT2D eigenvalue weighted by Crippen LogP contribution is 2.35. The van der Waals surface area contributed by atoms with Crippen molar-refractivity contribution < 1.29 is 38.1 Å². The number of likely N-dealkylation sites (N-methyl/N-ethyl adjacent to an activating group) is 1. The van der Waals surface area contributed by atoms with Crippen LogP contribution in [-0.2, 0) is 56.9 Å². The molecule has 0 spiro atoms. The lowest BCUT2D eigenvalue weighted by Gasteiger charge is -2.49. The molecule has 4 atom stereocenters. The van der Waals surface area contributed by atoms with Gasteiger partial charge in [0.2, 0.25) is 17.7 Å². The lowest BCUT2D eigenvalue weighted by atomic mass is 9.80. The second-order valence-corrected chi connectivity index (χ2v) is 18.9. The Kier molecular flexibility index (Phi) is 17.9. The van der Waals surface area contributed by atoms with Crippen molar-refractivity contribution in [3.63, 3.8) is 0 Å². The van der Waals surface area contributed by atoms with Crippen molar-refractivity contribution in [1.29, 1.82) is 0 Å². The van der Waals surface area contributed by atoms with Crippen LogP contribution in [0, 0.1) is 18.7 Å². The van der Waals surface area contributed by atoms with Crippen molar-refractivity contribution in [3.8, 4) is 22.8 Å². The van der Waals surface area contributed by atoms with Crippen LogP contribution in [0.15, 0.2) is 85.1 Å². The summed E-state index contributed by atoms with van der Waals surface area (Å²) < 4.78 is 29.3. The number of imidazole rings is 1. The molecule has 5 aromatic rings. The minimum Gasteiger partial charge on any atom is -0.481 e. The normalized spacial score (nSPS) is 16.2. The number of rotatable bonds is 21. The molecular weight excluding hydrogens is 927 g/mol. The van der Waals surface area contributed by atoms with Gasteiger partial charge in [0.1, 0.15) is 29.2 Å². The summed E-state index contributed by atoms with van der Waals surface area (Å²) in [5.41, 5.74) is 3.21. The van der Waals surface area contributed by atoms with E-state index in [1.54, 1.807) is 54.1 Å². The molecule has 18 heteroatoms. The molecule has 15 nitrogen and oxygen atoms in total. The van der Waals surface area contributed by atoms with E-state index in [2.05, 4.69) is 20.6 Å². The maximum absolute atomic E-state index is 15.6. The van der Waals surface area contributed by atoms with Gasteiger partial charge in [-0.2, -0.15) is 0 Å². The smallest absolute Gasteiger partial charge is 0.304 e. The molecule has 0 saturated carbocycles. The Bertz CT molecular complexity index is 2600. The molecule has 3 N–H and O–H groups in total. The van der Waals surface area contributed by atoms with Crippen LogP contribution in [-0.4, -0.2) is 124 Å². The van der Waals surface area contributed by atoms with Gasteiger partial charge in [-0.15, -0.1) is 0 Å². The van der Waals surface area contributed by atoms with E-state index in [0.717, 1.165) is 28.3 Å². The number of methoxy groups -OCH3 is 1. The summed E-state index contributed by atoms with van der Waals surface area (Å²) in [7, 11) is 8.99. The number of pyridine rings is 1. The van der Waals surface area contributed by atoms with Crippen molar-refractivity contribution >= 4 is 46.9 Å². The zero-order chi connectivity index (χ0) is 50.0. The van der Waals surface area contributed by atoms with E-state index < -0.39 is 53.6 Å². The fourth-order valence-electron chi connectivity index (χ4n) is 8.76. The molecule has 3 amide bonds. The lowest BCUT2D eigenvalue weighted by molar-refractivity contribution is -0.151. The third-order valence-corrected chi connectivity index (χ3v) is 13.0. The van der Waals surface area contributed by atoms with Crippen LogP contribution in [0.3, 0.4) is 0 Å². The number of halogens is 3. The summed E-state index contributed by atoms with van der Waals surface area (Å²) in [5, 5.41) is 16.4. The van der Waals surface area contributed by atoms with Gasteiger partial charge in [-0.1, -0.05) is 41.4 Å². The molecular formula is C51H61Cl2FN8O7. The highest BCUT2D eigenvalue weighted by Gasteiger charge is 2.45. The fourth-order valence-corrected chi connectivity index (χ4v) is 9.08. The number of nitrogens with one attached hydrogen (secondary N) is 2. The number of amides is 3. The average Bonchev–Trinajstić information content (AvgIpc) is 3.66. The summed E-state index contributed by atoms with van der Waals surface area (Å²) in [6.45, 7) is 4.26. The number of hydrogen-bond acceptors (Lipinski definition) is 10. The van der Waals surface area contributed by atoms with Crippen LogP contribution in [0.2, 0.25) is 10.0 Å². The number of benzene rings is 3. The van der Waals surface area contributed by atoms with Crippen molar-refractivity contribution in [2.75, 3.05) is 47.9 Å². The quantitative estimate of drug-likeness (QED) is 0.0686. The molecule has 1 aliphatic heterocycles. The number of carboxylic acids is 1. The monoisotopic (exact) mass is 986 g/mol. The van der Waals surface area contributed by atoms with E-state index in [-0.39, 0.29) is 48.4 Å². The van der Waals surface area contributed by atoms with E-state index in [1.807, 2.05) is 80.1 Å². The standard InChI is InChI=1S/C51H61Cl2FN8O7/c1-32-10-8-11-39(57-32)22-36(23-47(63)64)49(66)62-21-9-20-51(31-62,26-34-12-16-37(52)17-13-34)61(6)50(67)43(30-68-7)58-48(65)33(2)55-27-41-42(54)24-38(53)25-45(41)69-40-18-14-35(15-19-40)44-28-56-46(60(44)5)29-59(3)4/h8,10-19,24-25,28,33,36,43,55H,9,20-23,26-27,29-31H2,1-7H3,(H,58,65)(H,63,64)/t33-,36+,43-,51+/m0/s1. The Balaban J connectivity index is 1.17. The number of hydrogen-bond donors (Lipinski definition) is 3. The molecule has 0 unspecified atom stereocenters. The minimum absolute atomic E-state index is 0.100. The Labute approximate surface area is 412 Å². The van der Waals surface area contributed by atoms with Crippen molar-refractivity contribution in [1.82, 2.24) is 39.9 Å². The Morgan fingerprint density at radius 3 is 2.39 bits per heavy atom. The maximum atomic E-state index is 15.6. The second-order valence-electron chi connectivity index (χ2n) is 18.0. The lowest BCUT2D eigenvalue weighted by Crippen LogP contribution is -2.65. The molecule has 1 fully saturated rings. The minimum atomic E-state index is -1.16. The molecule has 69 heavy (non-hydrogen) atoms. The number of aryl methyl sites for hydroxylation is 1. The summed E-state index contributed by atoms with van der Waals surface area (Å²) in [5.74, 6) is -2.50. The predicted molar refractivity (Wildman–Crippen MR) is 263 cm³/mol. The van der Waals surface area contributed by atoms with Crippen LogP contribution in [0.4, 0.5) is 4.39 Å². The fraction of sp³-hybridized carbons (Fsp3) is 0.412. The van der Waals surface area contributed by atoms with E-state index in [1.165, 1.54) is 19.2 Å². The largest absolute Gasteiger partial charge is 0.481 e. The first kappa shape index (κ1) is 52.5. The van der Waals surface area contributed by atoms with Crippen LogP contribution in [0.5, 0.6) is 11.5 Å². The zero-order valence-electron chi connectivity index (χ0n) is 40.1. The molecule has 6 rings (SSSR count).